The Hall–Kier alpha value is -4.39. The molecular weight excluding hydrogens is 408 g/mol. The van der Waals surface area contributed by atoms with Crippen molar-refractivity contribution < 1.29 is 18.9 Å². The van der Waals surface area contributed by atoms with E-state index in [-0.39, 0.29) is 24.0 Å². The Bertz CT molecular complexity index is 1250. The van der Waals surface area contributed by atoms with Gasteiger partial charge in [0.15, 0.2) is 5.76 Å². The monoisotopic (exact) mass is 428 g/mol. The van der Waals surface area contributed by atoms with Crippen LogP contribution in [0.4, 0.5) is 11.4 Å². The van der Waals surface area contributed by atoms with Gasteiger partial charge in [-0.15, -0.1) is 0 Å². The summed E-state index contributed by atoms with van der Waals surface area (Å²) in [7, 11) is 0. The number of nitrogens with zero attached hydrogens (tertiary/aromatic N) is 1. The third-order valence-corrected chi connectivity index (χ3v) is 4.88. The molecule has 160 valence electrons. The van der Waals surface area contributed by atoms with Crippen molar-refractivity contribution in [3.8, 4) is 16.9 Å². The van der Waals surface area contributed by atoms with Gasteiger partial charge in [-0.05, 0) is 54.4 Å². The van der Waals surface area contributed by atoms with E-state index < -0.39 is 4.92 Å². The number of hydrogen-bond acceptors (Lipinski definition) is 5. The molecule has 32 heavy (non-hydrogen) atoms. The second-order valence-electron chi connectivity index (χ2n) is 7.16. The molecule has 0 atom stereocenters. The van der Waals surface area contributed by atoms with Gasteiger partial charge in [0.2, 0.25) is 0 Å². The number of benzene rings is 3. The van der Waals surface area contributed by atoms with Gasteiger partial charge in [0.1, 0.15) is 18.1 Å². The summed E-state index contributed by atoms with van der Waals surface area (Å²) < 4.78 is 11.2. The highest BCUT2D eigenvalue weighted by Gasteiger charge is 2.14. The van der Waals surface area contributed by atoms with Crippen LogP contribution in [0.2, 0.25) is 0 Å². The van der Waals surface area contributed by atoms with Gasteiger partial charge in [-0.2, -0.15) is 0 Å². The number of amides is 1. The van der Waals surface area contributed by atoms with Crippen LogP contribution < -0.4 is 10.1 Å². The predicted octanol–water partition coefficient (Wildman–Crippen LogP) is 5.99. The van der Waals surface area contributed by atoms with Crippen molar-refractivity contribution in [1.29, 1.82) is 0 Å². The minimum Gasteiger partial charge on any atom is -0.486 e. The molecule has 0 aliphatic rings. The SMILES string of the molecule is Cc1cc(OCc2ccc(C(=O)Nc3ccc(-c4ccccc4)cc3)o2)ccc1[N+](=O)[O-]. The molecule has 0 unspecified atom stereocenters. The van der Waals surface area contributed by atoms with Crippen LogP contribution in [0.1, 0.15) is 21.9 Å². The van der Waals surface area contributed by atoms with Crippen molar-refractivity contribution in [3.05, 3.63) is 112 Å². The summed E-state index contributed by atoms with van der Waals surface area (Å²) in [6.07, 6.45) is 0. The third-order valence-electron chi connectivity index (χ3n) is 4.88. The van der Waals surface area contributed by atoms with Crippen LogP contribution in [0, 0.1) is 17.0 Å². The van der Waals surface area contributed by atoms with E-state index in [2.05, 4.69) is 5.32 Å². The molecule has 7 heteroatoms. The fourth-order valence-electron chi connectivity index (χ4n) is 3.22. The van der Waals surface area contributed by atoms with Gasteiger partial charge in [0.25, 0.3) is 11.6 Å². The number of ether oxygens (including phenoxy) is 1. The highest BCUT2D eigenvalue weighted by molar-refractivity contribution is 6.02. The minimum atomic E-state index is -0.439. The number of carbonyl (C=O) groups is 1. The van der Waals surface area contributed by atoms with Gasteiger partial charge in [-0.3, -0.25) is 14.9 Å². The first-order valence-electron chi connectivity index (χ1n) is 9.93. The fraction of sp³-hybridized carbons (Fsp3) is 0.0800. The molecule has 7 nitrogen and oxygen atoms in total. The van der Waals surface area contributed by atoms with E-state index in [1.54, 1.807) is 25.1 Å². The van der Waals surface area contributed by atoms with E-state index in [1.807, 2.05) is 54.6 Å². The standard InChI is InChI=1S/C25H20N2O5/c1-17-15-21(11-13-23(17)27(29)30)31-16-22-12-14-24(32-22)25(28)26-20-9-7-19(8-10-20)18-5-3-2-4-6-18/h2-15H,16H2,1H3,(H,26,28). The number of rotatable bonds is 7. The average molecular weight is 428 g/mol. The Morgan fingerprint density at radius 1 is 0.969 bits per heavy atom. The lowest BCUT2D eigenvalue weighted by molar-refractivity contribution is -0.385. The van der Waals surface area contributed by atoms with Gasteiger partial charge in [0.05, 0.1) is 4.92 Å². The zero-order chi connectivity index (χ0) is 22.5. The molecule has 1 heterocycles. The topological polar surface area (TPSA) is 94.6 Å². The molecule has 1 aromatic heterocycles. The van der Waals surface area contributed by atoms with Crippen molar-refractivity contribution in [2.45, 2.75) is 13.5 Å². The number of nitrogens with one attached hydrogen (secondary N) is 1. The Balaban J connectivity index is 1.35. The number of nitro benzene ring substituents is 1. The predicted molar refractivity (Wildman–Crippen MR) is 121 cm³/mol. The van der Waals surface area contributed by atoms with Crippen molar-refractivity contribution in [1.82, 2.24) is 0 Å². The van der Waals surface area contributed by atoms with Gasteiger partial charge < -0.3 is 14.5 Å². The van der Waals surface area contributed by atoms with Crippen LogP contribution in [-0.4, -0.2) is 10.8 Å². The van der Waals surface area contributed by atoms with E-state index >= 15 is 0 Å². The Morgan fingerprint density at radius 3 is 2.38 bits per heavy atom. The number of carbonyl (C=O) groups excluding carboxylic acids is 1. The molecule has 4 aromatic rings. The van der Waals surface area contributed by atoms with Crippen LogP contribution in [0.25, 0.3) is 11.1 Å². The lowest BCUT2D eigenvalue weighted by Gasteiger charge is -2.06. The van der Waals surface area contributed by atoms with Crippen LogP contribution in [0.5, 0.6) is 5.75 Å². The smallest absolute Gasteiger partial charge is 0.291 e. The van der Waals surface area contributed by atoms with Crippen LogP contribution in [-0.2, 0) is 6.61 Å². The molecule has 3 aromatic carbocycles. The molecule has 0 aliphatic carbocycles. The summed E-state index contributed by atoms with van der Waals surface area (Å²) in [5.41, 5.74) is 3.36. The summed E-state index contributed by atoms with van der Waals surface area (Å²) in [5.74, 6) is 0.741. The van der Waals surface area contributed by atoms with E-state index in [0.29, 0.717) is 22.8 Å². The summed E-state index contributed by atoms with van der Waals surface area (Å²) in [6.45, 7) is 1.74. The Kier molecular flexibility index (Phi) is 5.98. The first-order valence-corrected chi connectivity index (χ1v) is 9.93. The first kappa shape index (κ1) is 20.9. The maximum absolute atomic E-state index is 12.5. The molecule has 0 spiro atoms. The molecular formula is C25H20N2O5. The summed E-state index contributed by atoms with van der Waals surface area (Å²) in [5, 5.41) is 13.7. The normalized spacial score (nSPS) is 10.5. The molecule has 0 saturated carbocycles. The molecule has 0 radical (unpaired) electrons. The molecule has 0 bridgehead atoms. The second-order valence-corrected chi connectivity index (χ2v) is 7.16. The molecule has 1 N–H and O–H groups in total. The maximum Gasteiger partial charge on any atom is 0.291 e. The molecule has 0 saturated heterocycles. The average Bonchev–Trinajstić information content (AvgIpc) is 3.28. The van der Waals surface area contributed by atoms with E-state index in [0.717, 1.165) is 11.1 Å². The van der Waals surface area contributed by atoms with Gasteiger partial charge >= 0.3 is 0 Å². The zero-order valence-corrected chi connectivity index (χ0v) is 17.3. The van der Waals surface area contributed by atoms with Gasteiger partial charge in [-0.25, -0.2) is 0 Å². The first-order chi connectivity index (χ1) is 15.5. The lowest BCUT2D eigenvalue weighted by atomic mass is 10.1. The molecule has 1 amide bonds. The van der Waals surface area contributed by atoms with Gasteiger partial charge in [0, 0.05) is 17.3 Å². The molecule has 0 aliphatic heterocycles. The number of anilines is 1. The van der Waals surface area contributed by atoms with Crippen molar-refractivity contribution in [2.24, 2.45) is 0 Å². The molecule has 0 fully saturated rings. The Morgan fingerprint density at radius 2 is 1.69 bits per heavy atom. The quantitative estimate of drug-likeness (QED) is 0.288. The second kappa shape index (κ2) is 9.18. The third kappa shape index (κ3) is 4.84. The number of nitro groups is 1. The number of hydrogen-bond donors (Lipinski definition) is 1. The fourth-order valence-corrected chi connectivity index (χ4v) is 3.22. The van der Waals surface area contributed by atoms with E-state index in [9.17, 15) is 14.9 Å². The van der Waals surface area contributed by atoms with Crippen LogP contribution in [0.3, 0.4) is 0 Å². The van der Waals surface area contributed by atoms with E-state index in [1.165, 1.54) is 12.1 Å². The van der Waals surface area contributed by atoms with Crippen LogP contribution in [0.15, 0.2) is 89.3 Å². The van der Waals surface area contributed by atoms with Crippen molar-refractivity contribution >= 4 is 17.3 Å². The largest absolute Gasteiger partial charge is 0.486 e. The highest BCUT2D eigenvalue weighted by Crippen LogP contribution is 2.24. The summed E-state index contributed by atoms with van der Waals surface area (Å²) >= 11 is 0. The Labute approximate surface area is 184 Å². The number of aryl methyl sites for hydroxylation is 1. The van der Waals surface area contributed by atoms with Crippen molar-refractivity contribution in [2.75, 3.05) is 5.32 Å². The summed E-state index contributed by atoms with van der Waals surface area (Å²) in [4.78, 5) is 23.0. The summed E-state index contributed by atoms with van der Waals surface area (Å²) in [6, 6.07) is 25.3. The highest BCUT2D eigenvalue weighted by atomic mass is 16.6. The molecule has 4 rings (SSSR count). The minimum absolute atomic E-state index is 0.0334. The van der Waals surface area contributed by atoms with Crippen LogP contribution >= 0.6 is 0 Å². The van der Waals surface area contributed by atoms with Gasteiger partial charge in [-0.1, -0.05) is 42.5 Å². The lowest BCUT2D eigenvalue weighted by Crippen LogP contribution is -2.10. The number of furan rings is 1. The van der Waals surface area contributed by atoms with E-state index in [4.69, 9.17) is 9.15 Å². The zero-order valence-electron chi connectivity index (χ0n) is 17.3. The van der Waals surface area contributed by atoms with Crippen molar-refractivity contribution in [3.63, 3.8) is 0 Å². The maximum atomic E-state index is 12.5.